The molecule has 82 heavy (non-hydrogen) atoms. The number of likely N-dealkylation sites (tertiary alicyclic amines) is 4. The maximum atomic E-state index is 14.8. The van der Waals surface area contributed by atoms with E-state index in [9.17, 15) is 63.6 Å². The lowest BCUT2D eigenvalue weighted by Gasteiger charge is -2.38. The number of hydrogen-bond donors (Lipinski definition) is 13. The van der Waals surface area contributed by atoms with Gasteiger partial charge in [-0.25, -0.2) is 4.79 Å². The van der Waals surface area contributed by atoms with E-state index in [0.29, 0.717) is 29.0 Å². The lowest BCUT2D eigenvalue weighted by Crippen LogP contribution is -2.60. The average Bonchev–Trinajstić information content (AvgIpc) is 3.06. The standard InChI is InChI=1S/C52H77N15O13S2/c53-30(10-3-15-58-51(54)55)43(72)62-31(11-4-16-59-52(56)57)46(75)64-17-5-13-35(64)48(77)65-25-28(69)21-36(65)45(74)60-24-41(71)61-32(22-29-9-6-18-81-29)44(73)63-33(26-68)47(76)67-37(23-39(70)42(67)40-14-7-19-82-40)49(78)66-34-12-2-1-8-27(34)20-38(66)50(79)80/h6-7,9,14,18-19,27-28,30-39,42,68-70H,1-5,8,10-13,15-17,20-26,53H2,(H,60,74)(H,61,71)(H,62,72)(H,63,73)(H,79,80)(H4,54,55,58)(H4,56,57,59)/t27-,28+,30+,31-,32-,33-,34-,35-,36-,37-,38-,39+,42+/m0/s1. The number of β-amino-alcohol motifs (C(OH)–C–C–N with tert-alkyl or cyclic N) is 1. The number of carboxylic acids is 1. The number of nitrogens with one attached hydrogen (secondary N) is 4. The number of amides is 8. The minimum atomic E-state index is -1.71. The molecule has 1 aliphatic carbocycles. The summed E-state index contributed by atoms with van der Waals surface area (Å²) in [5.74, 6) is -7.55. The number of fused-ring (bicyclic) bond motifs is 1. The van der Waals surface area contributed by atoms with Gasteiger partial charge in [0.05, 0.1) is 37.4 Å². The van der Waals surface area contributed by atoms with E-state index in [1.54, 1.807) is 35.0 Å². The quantitative estimate of drug-likeness (QED) is 0.0258. The summed E-state index contributed by atoms with van der Waals surface area (Å²) in [5.41, 5.74) is 27.9. The molecule has 5 fully saturated rings. The summed E-state index contributed by atoms with van der Waals surface area (Å²) < 4.78 is 0. The van der Waals surface area contributed by atoms with Gasteiger partial charge in [0.25, 0.3) is 0 Å². The number of aliphatic imine (C=N–C) groups is 2. The zero-order valence-electron chi connectivity index (χ0n) is 45.5. The number of rotatable bonds is 25. The van der Waals surface area contributed by atoms with E-state index in [1.807, 2.05) is 0 Å². The fraction of sp³-hybridized carbons (Fsp3) is 0.635. The number of carbonyl (C=O) groups excluding carboxylic acids is 8. The molecule has 18 N–H and O–H groups in total. The van der Waals surface area contributed by atoms with Crippen LogP contribution < -0.4 is 49.9 Å². The molecule has 0 spiro atoms. The van der Waals surface area contributed by atoms with Crippen LogP contribution in [-0.4, -0.2) is 211 Å². The summed E-state index contributed by atoms with van der Waals surface area (Å²) in [6, 6.07) is -4.83. The number of hydrogen-bond acceptors (Lipinski definition) is 17. The first kappa shape index (κ1) is 62.6. The normalized spacial score (nSPS) is 25.5. The molecule has 2 aromatic rings. The molecule has 13 atom stereocenters. The van der Waals surface area contributed by atoms with Crippen molar-refractivity contribution in [1.29, 1.82) is 0 Å². The third kappa shape index (κ3) is 15.4. The summed E-state index contributed by atoms with van der Waals surface area (Å²) in [4.78, 5) is 140. The summed E-state index contributed by atoms with van der Waals surface area (Å²) in [5, 5.41) is 57.3. The molecular weight excluding hydrogens is 1110 g/mol. The summed E-state index contributed by atoms with van der Waals surface area (Å²) in [6.07, 6.45) is 1.78. The Hall–Kier alpha value is -6.99. The molecule has 30 heteroatoms. The van der Waals surface area contributed by atoms with Crippen molar-refractivity contribution < 1.29 is 63.6 Å². The minimum absolute atomic E-state index is 0.0481. The van der Waals surface area contributed by atoms with E-state index in [0.717, 1.165) is 29.1 Å². The molecule has 5 aliphatic rings. The van der Waals surface area contributed by atoms with Crippen LogP contribution in [-0.2, 0) is 49.6 Å². The third-order valence-electron chi connectivity index (χ3n) is 15.9. The van der Waals surface area contributed by atoms with Gasteiger partial charge in [-0.05, 0) is 86.6 Å². The van der Waals surface area contributed by atoms with Crippen LogP contribution in [0.1, 0.15) is 99.3 Å². The number of guanidine groups is 2. The molecule has 0 radical (unpaired) electrons. The second-order valence-corrected chi connectivity index (χ2v) is 23.5. The number of carboxylic acid groups (broad SMARTS) is 1. The molecule has 6 heterocycles. The first-order valence-electron chi connectivity index (χ1n) is 27.7. The first-order valence-corrected chi connectivity index (χ1v) is 29.5. The lowest BCUT2D eigenvalue weighted by molar-refractivity contribution is -0.155. The van der Waals surface area contributed by atoms with Gasteiger partial charge in [-0.15, -0.1) is 22.7 Å². The van der Waals surface area contributed by atoms with Gasteiger partial charge < -0.3 is 90.0 Å². The van der Waals surface area contributed by atoms with Gasteiger partial charge in [0.1, 0.15) is 42.3 Å². The van der Waals surface area contributed by atoms with Crippen LogP contribution >= 0.6 is 22.7 Å². The topological polar surface area (TPSA) is 450 Å². The van der Waals surface area contributed by atoms with Crippen LogP contribution in [0, 0.1) is 5.92 Å². The SMILES string of the molecule is NC(N)=NCCC[C@@H](N)C(=O)N[C@@H](CCCN=C(N)N)C(=O)N1CCC[C@H]1C(=O)N1C[C@H](O)C[C@H]1C(=O)NCC(=O)N[C@@H](Cc1cccs1)C(=O)N[C@@H](CO)C(=O)N1[C@H](C(=O)N2[C@H](C(=O)O)C[C@@H]3CCCC[C@@H]32)C[C@@H](O)[C@@H]1c1cccs1. The Morgan fingerprint density at radius 3 is 2.04 bits per heavy atom. The molecule has 28 nitrogen and oxygen atoms in total. The maximum absolute atomic E-state index is 14.8. The zero-order chi connectivity index (χ0) is 59.4. The summed E-state index contributed by atoms with van der Waals surface area (Å²) in [6.45, 7) is -1.47. The molecule has 0 aromatic carbocycles. The van der Waals surface area contributed by atoms with E-state index >= 15 is 0 Å². The fourth-order valence-corrected chi connectivity index (χ4v) is 13.6. The molecule has 8 amide bonds. The highest BCUT2D eigenvalue weighted by Crippen LogP contribution is 2.44. The van der Waals surface area contributed by atoms with Crippen molar-refractivity contribution in [3.05, 3.63) is 44.8 Å². The Morgan fingerprint density at radius 2 is 1.38 bits per heavy atom. The number of carbonyl (C=O) groups is 9. The molecular formula is C52H77N15O13S2. The van der Waals surface area contributed by atoms with Crippen LogP contribution in [0.15, 0.2) is 45.0 Å². The van der Waals surface area contributed by atoms with Gasteiger partial charge in [0.2, 0.25) is 47.3 Å². The van der Waals surface area contributed by atoms with Crippen LogP contribution in [0.25, 0.3) is 0 Å². The van der Waals surface area contributed by atoms with Crippen molar-refractivity contribution in [3.8, 4) is 0 Å². The smallest absolute Gasteiger partial charge is 0.326 e. The minimum Gasteiger partial charge on any atom is -0.480 e. The Bertz CT molecular complexity index is 2660. The highest BCUT2D eigenvalue weighted by molar-refractivity contribution is 7.10. The highest BCUT2D eigenvalue weighted by Gasteiger charge is 2.55. The number of aliphatic carboxylic acids is 1. The average molecular weight is 1180 g/mol. The Labute approximate surface area is 481 Å². The van der Waals surface area contributed by atoms with E-state index in [1.165, 1.54) is 32.5 Å². The second kappa shape index (κ2) is 28.8. The Morgan fingerprint density at radius 1 is 0.695 bits per heavy atom. The lowest BCUT2D eigenvalue weighted by atomic mass is 9.84. The van der Waals surface area contributed by atoms with Crippen molar-refractivity contribution in [2.75, 3.05) is 39.3 Å². The molecule has 450 valence electrons. The van der Waals surface area contributed by atoms with Gasteiger partial charge in [-0.2, -0.15) is 0 Å². The number of thiophene rings is 2. The zero-order valence-corrected chi connectivity index (χ0v) is 47.1. The second-order valence-electron chi connectivity index (χ2n) is 21.5. The summed E-state index contributed by atoms with van der Waals surface area (Å²) in [7, 11) is 0. The van der Waals surface area contributed by atoms with Crippen molar-refractivity contribution in [1.82, 2.24) is 40.9 Å². The van der Waals surface area contributed by atoms with Gasteiger partial charge >= 0.3 is 5.97 Å². The predicted molar refractivity (Wildman–Crippen MR) is 300 cm³/mol. The van der Waals surface area contributed by atoms with Crippen LogP contribution in [0.3, 0.4) is 0 Å². The van der Waals surface area contributed by atoms with Gasteiger partial charge in [-0.3, -0.25) is 48.3 Å². The van der Waals surface area contributed by atoms with Gasteiger partial charge in [-0.1, -0.05) is 25.0 Å². The predicted octanol–water partition coefficient (Wildman–Crippen LogP) is -3.75. The van der Waals surface area contributed by atoms with Crippen molar-refractivity contribution in [3.63, 3.8) is 0 Å². The van der Waals surface area contributed by atoms with Gasteiger partial charge in [0, 0.05) is 61.2 Å². The Balaban J connectivity index is 1.01. The first-order chi connectivity index (χ1) is 39.2. The van der Waals surface area contributed by atoms with E-state index in [2.05, 4.69) is 31.3 Å². The molecule has 0 unspecified atom stereocenters. The van der Waals surface area contributed by atoms with E-state index in [-0.39, 0.29) is 101 Å². The van der Waals surface area contributed by atoms with Crippen molar-refractivity contribution in [2.24, 2.45) is 44.6 Å². The molecule has 2 aromatic heterocycles. The van der Waals surface area contributed by atoms with Crippen LogP contribution in [0.5, 0.6) is 0 Å². The maximum Gasteiger partial charge on any atom is 0.326 e. The largest absolute Gasteiger partial charge is 0.480 e. The molecule has 0 bridgehead atoms. The summed E-state index contributed by atoms with van der Waals surface area (Å²) >= 11 is 2.49. The van der Waals surface area contributed by atoms with Crippen molar-refractivity contribution in [2.45, 2.75) is 163 Å². The number of aliphatic hydroxyl groups is 3. The molecule has 1 saturated carbocycles. The fourth-order valence-electron chi connectivity index (χ4n) is 12.0. The van der Waals surface area contributed by atoms with Crippen LogP contribution in [0.2, 0.25) is 0 Å². The van der Waals surface area contributed by atoms with Crippen molar-refractivity contribution >= 4 is 87.8 Å². The molecule has 4 aliphatic heterocycles. The highest BCUT2D eigenvalue weighted by atomic mass is 32.1. The van der Waals surface area contributed by atoms with E-state index < -0.39 is 133 Å². The van der Waals surface area contributed by atoms with E-state index in [4.69, 9.17) is 28.7 Å². The molecule has 7 rings (SSSR count). The Kier molecular flexibility index (Phi) is 22.0. The third-order valence-corrected chi connectivity index (χ3v) is 17.7. The number of aliphatic hydroxyl groups excluding tert-OH is 3. The number of nitrogens with zero attached hydrogens (tertiary/aromatic N) is 6. The molecule has 4 saturated heterocycles. The monoisotopic (exact) mass is 1180 g/mol. The number of nitrogens with two attached hydrogens (primary N) is 5. The van der Waals surface area contributed by atoms with Crippen LogP contribution in [0.4, 0.5) is 0 Å². The van der Waals surface area contributed by atoms with Gasteiger partial charge in [0.15, 0.2) is 11.9 Å².